The van der Waals surface area contributed by atoms with E-state index in [1.54, 1.807) is 12.1 Å². The first kappa shape index (κ1) is 23.4. The Morgan fingerprint density at radius 3 is 1.97 bits per heavy atom. The summed E-state index contributed by atoms with van der Waals surface area (Å²) in [4.78, 5) is 4.57. The number of amidine groups is 1. The number of thioether (sulfide) groups is 2. The van der Waals surface area contributed by atoms with Crippen LogP contribution in [0, 0.1) is 33.5 Å². The van der Waals surface area contributed by atoms with Gasteiger partial charge in [-0.1, -0.05) is 0 Å². The molecule has 11 heteroatoms. The molecule has 1 heterocycles. The van der Waals surface area contributed by atoms with Crippen molar-refractivity contribution in [3.63, 3.8) is 0 Å². The Hall–Kier alpha value is -2.31. The molecule has 2 aliphatic rings. The van der Waals surface area contributed by atoms with Crippen molar-refractivity contribution in [1.29, 1.82) is 10.5 Å². The van der Waals surface area contributed by atoms with E-state index < -0.39 is 21.0 Å². The van der Waals surface area contributed by atoms with E-state index in [0.717, 1.165) is 0 Å². The summed E-state index contributed by atoms with van der Waals surface area (Å²) in [6, 6.07) is 8.07. The van der Waals surface area contributed by atoms with E-state index in [4.69, 9.17) is 19.9 Å². The Bertz CT molecular complexity index is 942. The predicted molar refractivity (Wildman–Crippen MR) is 118 cm³/mol. The SMILES string of the molecule is COc1cc([C@@H]2[C@@]3(C#N)C(SCCO)(SCCO)N=C(N)[C@]23C#N)cc(OC)c1OC. The zero-order valence-electron chi connectivity index (χ0n) is 17.4. The van der Waals surface area contributed by atoms with Gasteiger partial charge in [0, 0.05) is 17.4 Å². The Balaban J connectivity index is 2.23. The van der Waals surface area contributed by atoms with Gasteiger partial charge in [0.2, 0.25) is 5.75 Å². The number of rotatable bonds is 10. The maximum atomic E-state index is 10.4. The summed E-state index contributed by atoms with van der Waals surface area (Å²) in [5.74, 6) is 1.24. The van der Waals surface area contributed by atoms with E-state index in [1.807, 2.05) is 0 Å². The third kappa shape index (κ3) is 2.95. The molecule has 0 saturated heterocycles. The molecule has 3 atom stereocenters. The fourth-order valence-corrected chi connectivity index (χ4v) is 7.49. The topological polar surface area (TPSA) is 154 Å². The highest BCUT2D eigenvalue weighted by atomic mass is 32.2. The standard InChI is InChI=1S/C20H24N4O5S2/c1-27-13-8-12(9-14(28-2)15(13)29-3)16-18(10-21)17(23)24-20(30-6-4-25,31-7-5-26)19(16,18)11-22/h8-9,16,25-26H,4-7H2,1-3H3,(H2,23,24)/t16-,18-,19+/m0/s1. The normalized spacial score (nSPS) is 27.5. The second-order valence-electron chi connectivity index (χ2n) is 6.95. The number of nitrogens with two attached hydrogens (primary N) is 1. The van der Waals surface area contributed by atoms with Gasteiger partial charge < -0.3 is 30.2 Å². The van der Waals surface area contributed by atoms with Crippen LogP contribution in [0.3, 0.4) is 0 Å². The molecule has 31 heavy (non-hydrogen) atoms. The summed E-state index contributed by atoms with van der Waals surface area (Å²) in [5, 5.41) is 39.5. The Morgan fingerprint density at radius 2 is 1.58 bits per heavy atom. The molecule has 1 aliphatic carbocycles. The van der Waals surface area contributed by atoms with E-state index in [-0.39, 0.29) is 19.0 Å². The quantitative estimate of drug-likeness (QED) is 0.432. The van der Waals surface area contributed by atoms with E-state index >= 15 is 0 Å². The monoisotopic (exact) mass is 464 g/mol. The number of fused-ring (bicyclic) bond motifs is 1. The molecule has 1 saturated carbocycles. The van der Waals surface area contributed by atoms with Crippen molar-refractivity contribution in [2.45, 2.75) is 10.1 Å². The molecule has 0 amide bonds. The lowest BCUT2D eigenvalue weighted by Gasteiger charge is -2.31. The average molecular weight is 465 g/mol. The van der Waals surface area contributed by atoms with Gasteiger partial charge in [-0.15, -0.1) is 23.5 Å². The number of aliphatic hydroxyl groups is 2. The molecule has 1 aliphatic heterocycles. The molecule has 0 radical (unpaired) electrons. The third-order valence-corrected chi connectivity index (χ3v) is 8.82. The van der Waals surface area contributed by atoms with E-state index in [0.29, 0.717) is 34.3 Å². The first-order chi connectivity index (χ1) is 14.9. The third-order valence-electron chi connectivity index (χ3n) is 5.73. The molecule has 0 aromatic heterocycles. The Morgan fingerprint density at radius 1 is 1.03 bits per heavy atom. The van der Waals surface area contributed by atoms with Crippen molar-refractivity contribution in [2.75, 3.05) is 46.0 Å². The van der Waals surface area contributed by atoms with Crippen LogP contribution in [0.15, 0.2) is 17.1 Å². The van der Waals surface area contributed by atoms with Crippen LogP contribution in [0.1, 0.15) is 11.5 Å². The molecule has 1 fully saturated rings. The van der Waals surface area contributed by atoms with Gasteiger partial charge in [-0.2, -0.15) is 10.5 Å². The number of hydrogen-bond acceptors (Lipinski definition) is 11. The molecule has 166 valence electrons. The van der Waals surface area contributed by atoms with Gasteiger partial charge in [0.1, 0.15) is 16.7 Å². The number of nitrogens with zero attached hydrogens (tertiary/aromatic N) is 3. The van der Waals surface area contributed by atoms with Crippen LogP contribution in [0.4, 0.5) is 0 Å². The molecule has 0 bridgehead atoms. The number of hydrogen-bond donors (Lipinski definition) is 3. The van der Waals surface area contributed by atoms with E-state index in [2.05, 4.69) is 17.1 Å². The lowest BCUT2D eigenvalue weighted by atomic mass is 9.97. The summed E-state index contributed by atoms with van der Waals surface area (Å²) in [5.41, 5.74) is 4.29. The van der Waals surface area contributed by atoms with Crippen LogP contribution >= 0.6 is 23.5 Å². The number of nitriles is 2. The minimum absolute atomic E-state index is 0.0752. The number of aliphatic imine (C=N–C) groups is 1. The first-order valence-electron chi connectivity index (χ1n) is 9.41. The highest BCUT2D eigenvalue weighted by molar-refractivity contribution is 8.18. The van der Waals surface area contributed by atoms with Crippen molar-refractivity contribution in [3.8, 4) is 29.4 Å². The molecule has 9 nitrogen and oxygen atoms in total. The zero-order valence-corrected chi connectivity index (χ0v) is 19.0. The lowest BCUT2D eigenvalue weighted by Crippen LogP contribution is -2.32. The molecular weight excluding hydrogens is 440 g/mol. The maximum absolute atomic E-state index is 10.4. The van der Waals surface area contributed by atoms with Gasteiger partial charge in [-0.3, -0.25) is 0 Å². The number of ether oxygens (including phenoxy) is 3. The minimum atomic E-state index is -1.35. The zero-order chi connectivity index (χ0) is 22.9. The van der Waals surface area contributed by atoms with Gasteiger partial charge in [0.25, 0.3) is 0 Å². The maximum Gasteiger partial charge on any atom is 0.203 e. The van der Waals surface area contributed by atoms with Crippen molar-refractivity contribution in [3.05, 3.63) is 17.7 Å². The molecular formula is C20H24N4O5S2. The van der Waals surface area contributed by atoms with Crippen LogP contribution in [0.2, 0.25) is 0 Å². The number of aliphatic hydroxyl groups excluding tert-OH is 2. The summed E-state index contributed by atoms with van der Waals surface area (Å²) in [7, 11) is 4.47. The summed E-state index contributed by atoms with van der Waals surface area (Å²) < 4.78 is 15.1. The Labute approximate surface area is 189 Å². The molecule has 4 N–H and O–H groups in total. The van der Waals surface area contributed by atoms with Crippen LogP contribution in [0.25, 0.3) is 0 Å². The van der Waals surface area contributed by atoms with Crippen molar-refractivity contribution >= 4 is 29.4 Å². The summed E-state index contributed by atoms with van der Waals surface area (Å²) in [6.45, 7) is -0.255. The number of methoxy groups -OCH3 is 3. The van der Waals surface area contributed by atoms with Gasteiger partial charge >= 0.3 is 0 Å². The second-order valence-corrected chi connectivity index (χ2v) is 9.79. The second kappa shape index (κ2) is 8.67. The molecule has 1 aromatic rings. The Kier molecular flexibility index (Phi) is 6.53. The highest BCUT2D eigenvalue weighted by Crippen LogP contribution is 2.85. The molecule has 3 rings (SSSR count). The van der Waals surface area contributed by atoms with Crippen LogP contribution in [0.5, 0.6) is 17.2 Å². The molecule has 0 unspecified atom stereocenters. The van der Waals surface area contributed by atoms with Crippen molar-refractivity contribution < 1.29 is 24.4 Å². The average Bonchev–Trinajstić information content (AvgIpc) is 3.38. The lowest BCUT2D eigenvalue weighted by molar-refractivity contribution is 0.321. The molecule has 0 spiro atoms. The minimum Gasteiger partial charge on any atom is -0.493 e. The van der Waals surface area contributed by atoms with Crippen molar-refractivity contribution in [2.24, 2.45) is 21.6 Å². The van der Waals surface area contributed by atoms with Crippen LogP contribution in [-0.2, 0) is 0 Å². The van der Waals surface area contributed by atoms with E-state index in [9.17, 15) is 20.7 Å². The van der Waals surface area contributed by atoms with E-state index in [1.165, 1.54) is 44.9 Å². The largest absolute Gasteiger partial charge is 0.493 e. The number of benzene rings is 1. The highest BCUT2D eigenvalue weighted by Gasteiger charge is 2.92. The van der Waals surface area contributed by atoms with Gasteiger partial charge in [0.15, 0.2) is 15.7 Å². The van der Waals surface area contributed by atoms with Gasteiger partial charge in [0.05, 0.1) is 46.7 Å². The van der Waals surface area contributed by atoms with Crippen LogP contribution in [-0.4, -0.2) is 66.3 Å². The first-order valence-corrected chi connectivity index (χ1v) is 11.4. The summed E-state index contributed by atoms with van der Waals surface area (Å²) in [6.07, 6.45) is 0. The molecule has 1 aromatic carbocycles. The predicted octanol–water partition coefficient (Wildman–Crippen LogP) is 1.31. The fraction of sp³-hybridized carbons (Fsp3) is 0.550. The van der Waals surface area contributed by atoms with Crippen LogP contribution < -0.4 is 19.9 Å². The van der Waals surface area contributed by atoms with Gasteiger partial charge in [-0.05, 0) is 17.7 Å². The van der Waals surface area contributed by atoms with Crippen molar-refractivity contribution in [1.82, 2.24) is 0 Å². The summed E-state index contributed by atoms with van der Waals surface area (Å²) >= 11 is 2.52. The fourth-order valence-electron chi connectivity index (χ4n) is 4.49. The smallest absolute Gasteiger partial charge is 0.203 e. The van der Waals surface area contributed by atoms with Gasteiger partial charge in [-0.25, -0.2) is 4.99 Å².